The minimum Gasteiger partial charge on any atom is -0.354 e. The second kappa shape index (κ2) is 13.7. The first-order chi connectivity index (χ1) is 15.0. The van der Waals surface area contributed by atoms with Gasteiger partial charge in [-0.1, -0.05) is 61.7 Å². The number of thioether (sulfide) groups is 1. The van der Waals surface area contributed by atoms with Crippen molar-refractivity contribution >= 4 is 46.8 Å². The van der Waals surface area contributed by atoms with E-state index in [4.69, 9.17) is 23.2 Å². The zero-order valence-corrected chi connectivity index (χ0v) is 20.4. The van der Waals surface area contributed by atoms with Gasteiger partial charge in [-0.15, -0.1) is 11.8 Å². The Morgan fingerprint density at radius 3 is 2.42 bits per heavy atom. The number of nitrogens with one attached hydrogen (secondary N) is 1. The van der Waals surface area contributed by atoms with Crippen LogP contribution in [0.2, 0.25) is 10.0 Å². The maximum Gasteiger partial charge on any atom is 0.242 e. The number of nitrogens with zero attached hydrogens (tertiary/aromatic N) is 1. The first-order valence-corrected chi connectivity index (χ1v) is 12.4. The van der Waals surface area contributed by atoms with Crippen LogP contribution in [0.1, 0.15) is 45.1 Å². The number of hydrogen-bond donors (Lipinski definition) is 1. The molecule has 0 aromatic heterocycles. The second-order valence-electron chi connectivity index (χ2n) is 7.23. The van der Waals surface area contributed by atoms with Gasteiger partial charge in [-0.3, -0.25) is 9.59 Å². The molecule has 0 aliphatic heterocycles. The van der Waals surface area contributed by atoms with Crippen molar-refractivity contribution in [3.05, 3.63) is 64.1 Å². The maximum absolute atomic E-state index is 13.2. The van der Waals surface area contributed by atoms with Crippen LogP contribution in [0.25, 0.3) is 0 Å². The fourth-order valence-electron chi connectivity index (χ4n) is 3.17. The number of carbonyl (C=O) groups excluding carboxylic acids is 2. The molecule has 0 fully saturated rings. The minimum atomic E-state index is -0.527. The van der Waals surface area contributed by atoms with Gasteiger partial charge >= 0.3 is 0 Å². The smallest absolute Gasteiger partial charge is 0.242 e. The molecule has 0 radical (unpaired) electrons. The Balaban J connectivity index is 2.10. The van der Waals surface area contributed by atoms with E-state index in [9.17, 15) is 9.59 Å². The van der Waals surface area contributed by atoms with Crippen molar-refractivity contribution in [2.45, 2.75) is 57.0 Å². The second-order valence-corrected chi connectivity index (χ2v) is 9.25. The maximum atomic E-state index is 13.2. The third-order valence-electron chi connectivity index (χ3n) is 4.91. The number of carbonyl (C=O) groups is 2. The molecule has 0 bridgehead atoms. The van der Waals surface area contributed by atoms with Crippen LogP contribution in [-0.4, -0.2) is 35.1 Å². The van der Waals surface area contributed by atoms with Gasteiger partial charge in [-0.25, -0.2) is 0 Å². The summed E-state index contributed by atoms with van der Waals surface area (Å²) >= 11 is 13.9. The van der Waals surface area contributed by atoms with E-state index in [-0.39, 0.29) is 11.8 Å². The highest BCUT2D eigenvalue weighted by molar-refractivity contribution is 7.99. The van der Waals surface area contributed by atoms with E-state index < -0.39 is 6.04 Å². The highest BCUT2D eigenvalue weighted by Crippen LogP contribution is 2.23. The molecule has 31 heavy (non-hydrogen) atoms. The summed E-state index contributed by atoms with van der Waals surface area (Å²) in [7, 11) is 0. The van der Waals surface area contributed by atoms with E-state index in [2.05, 4.69) is 12.2 Å². The number of halogens is 2. The Kier molecular flexibility index (Phi) is 11.3. The largest absolute Gasteiger partial charge is 0.354 e. The van der Waals surface area contributed by atoms with Crippen LogP contribution in [0.5, 0.6) is 0 Å². The van der Waals surface area contributed by atoms with Crippen molar-refractivity contribution in [3.63, 3.8) is 0 Å². The molecule has 0 aliphatic rings. The Morgan fingerprint density at radius 2 is 1.77 bits per heavy atom. The quantitative estimate of drug-likeness (QED) is 0.290. The molecule has 0 saturated carbocycles. The first kappa shape index (κ1) is 25.6. The predicted octanol–water partition coefficient (Wildman–Crippen LogP) is 6.20. The lowest BCUT2D eigenvalue weighted by atomic mass is 10.1. The molecule has 7 heteroatoms. The molecular weight excluding hydrogens is 451 g/mol. The van der Waals surface area contributed by atoms with Crippen molar-refractivity contribution in [1.82, 2.24) is 10.2 Å². The predicted molar refractivity (Wildman–Crippen MR) is 131 cm³/mol. The lowest BCUT2D eigenvalue weighted by Gasteiger charge is -2.31. The Hall–Kier alpha value is -1.69. The third-order valence-corrected chi connectivity index (χ3v) is 6.55. The molecule has 0 saturated heterocycles. The van der Waals surface area contributed by atoms with Gasteiger partial charge in [0.2, 0.25) is 11.8 Å². The van der Waals surface area contributed by atoms with Crippen molar-refractivity contribution in [2.75, 3.05) is 12.3 Å². The first-order valence-electron chi connectivity index (χ1n) is 10.6. The Morgan fingerprint density at radius 1 is 1.06 bits per heavy atom. The highest BCUT2D eigenvalue weighted by Gasteiger charge is 2.28. The number of benzene rings is 2. The fraction of sp³-hybridized carbons (Fsp3) is 0.417. The summed E-state index contributed by atoms with van der Waals surface area (Å²) in [5, 5.41) is 4.25. The van der Waals surface area contributed by atoms with Gasteiger partial charge in [0.25, 0.3) is 0 Å². The summed E-state index contributed by atoms with van der Waals surface area (Å²) in [5.74, 6) is 0.452. The van der Waals surface area contributed by atoms with E-state index in [1.165, 1.54) is 0 Å². The van der Waals surface area contributed by atoms with E-state index in [1.807, 2.05) is 49.4 Å². The lowest BCUT2D eigenvalue weighted by molar-refractivity contribution is -0.141. The van der Waals surface area contributed by atoms with Crippen LogP contribution in [0.3, 0.4) is 0 Å². The lowest BCUT2D eigenvalue weighted by Crippen LogP contribution is -2.49. The molecular formula is C24H30Cl2N2O2S. The van der Waals surface area contributed by atoms with Crippen LogP contribution in [-0.2, 0) is 16.1 Å². The van der Waals surface area contributed by atoms with Gasteiger partial charge in [0.05, 0.1) is 0 Å². The average molecular weight is 481 g/mol. The Labute approximate surface area is 199 Å². The molecule has 1 atom stereocenters. The molecule has 2 aromatic rings. The molecule has 168 valence electrons. The topological polar surface area (TPSA) is 49.4 Å². The highest BCUT2D eigenvalue weighted by atomic mass is 35.5. The van der Waals surface area contributed by atoms with Gasteiger partial charge in [0.1, 0.15) is 6.04 Å². The number of amides is 2. The van der Waals surface area contributed by atoms with E-state index in [1.54, 1.807) is 22.7 Å². The standard InChI is InChI=1S/C24H30Cl2N2O2S/c1-3-5-15-27-24(30)22(4-2)28(17-18-8-6-7-9-21(18)26)23(29)14-16-31-20-12-10-19(25)11-13-20/h6-13,22H,3-5,14-17H2,1-2H3,(H,27,30)/t22-/m0/s1. The Bertz CT molecular complexity index is 846. The normalized spacial score (nSPS) is 11.7. The van der Waals surface area contributed by atoms with Crippen LogP contribution >= 0.6 is 35.0 Å². The molecule has 0 aliphatic carbocycles. The number of rotatable bonds is 12. The van der Waals surface area contributed by atoms with Crippen molar-refractivity contribution < 1.29 is 9.59 Å². The molecule has 2 amide bonds. The fourth-order valence-corrected chi connectivity index (χ4v) is 4.33. The molecule has 0 spiro atoms. The van der Waals surface area contributed by atoms with Gasteiger partial charge in [0.15, 0.2) is 0 Å². The molecule has 0 heterocycles. The summed E-state index contributed by atoms with van der Waals surface area (Å²) in [4.78, 5) is 28.8. The van der Waals surface area contributed by atoms with Gasteiger partial charge in [-0.05, 0) is 48.7 Å². The van der Waals surface area contributed by atoms with Gasteiger partial charge in [0, 0.05) is 40.2 Å². The van der Waals surface area contributed by atoms with E-state index in [0.717, 1.165) is 23.3 Å². The molecule has 2 aromatic carbocycles. The van der Waals surface area contributed by atoms with Crippen molar-refractivity contribution in [1.29, 1.82) is 0 Å². The van der Waals surface area contributed by atoms with Gasteiger partial charge < -0.3 is 10.2 Å². The zero-order chi connectivity index (χ0) is 22.6. The van der Waals surface area contributed by atoms with Crippen molar-refractivity contribution in [3.8, 4) is 0 Å². The summed E-state index contributed by atoms with van der Waals surface area (Å²) in [6, 6.07) is 14.5. The van der Waals surface area contributed by atoms with E-state index >= 15 is 0 Å². The van der Waals surface area contributed by atoms with E-state index in [0.29, 0.717) is 41.7 Å². The van der Waals surface area contributed by atoms with Crippen LogP contribution in [0.4, 0.5) is 0 Å². The SMILES string of the molecule is CCCCNC(=O)[C@H](CC)N(Cc1ccccc1Cl)C(=O)CCSc1ccc(Cl)cc1. The van der Waals surface area contributed by atoms with Crippen LogP contribution in [0, 0.1) is 0 Å². The summed E-state index contributed by atoms with van der Waals surface area (Å²) < 4.78 is 0. The molecule has 4 nitrogen and oxygen atoms in total. The summed E-state index contributed by atoms with van der Waals surface area (Å²) in [6.07, 6.45) is 2.79. The number of hydrogen-bond acceptors (Lipinski definition) is 3. The van der Waals surface area contributed by atoms with Gasteiger partial charge in [-0.2, -0.15) is 0 Å². The summed E-state index contributed by atoms with van der Waals surface area (Å²) in [5.41, 5.74) is 0.836. The van der Waals surface area contributed by atoms with Crippen LogP contribution in [0.15, 0.2) is 53.4 Å². The summed E-state index contributed by atoms with van der Waals surface area (Å²) in [6.45, 7) is 4.94. The minimum absolute atomic E-state index is 0.0566. The molecule has 0 unspecified atom stereocenters. The van der Waals surface area contributed by atoms with Crippen molar-refractivity contribution in [2.24, 2.45) is 0 Å². The zero-order valence-electron chi connectivity index (χ0n) is 18.1. The average Bonchev–Trinajstić information content (AvgIpc) is 2.76. The monoisotopic (exact) mass is 480 g/mol. The number of unbranched alkanes of at least 4 members (excludes halogenated alkanes) is 1. The van der Waals surface area contributed by atoms with Crippen LogP contribution < -0.4 is 5.32 Å². The third kappa shape index (κ3) is 8.40. The molecule has 2 rings (SSSR count). The molecule has 1 N–H and O–H groups in total.